The van der Waals surface area contributed by atoms with Crippen LogP contribution in [0.2, 0.25) is 0 Å². The highest BCUT2D eigenvalue weighted by Gasteiger charge is 2.25. The van der Waals surface area contributed by atoms with Gasteiger partial charge in [-0.25, -0.2) is 19.2 Å². The summed E-state index contributed by atoms with van der Waals surface area (Å²) in [6.45, 7) is 0. The number of amides is 1. The van der Waals surface area contributed by atoms with Crippen LogP contribution in [0, 0.1) is 5.82 Å². The Hall–Kier alpha value is -3.59. The Morgan fingerprint density at radius 2 is 2.04 bits per heavy atom. The number of nitrogens with zero attached hydrogens (tertiary/aromatic N) is 3. The molecule has 2 N–H and O–H groups in total. The third-order valence-electron chi connectivity index (χ3n) is 4.21. The largest absolute Gasteiger partial charge is 0.493 e. The quantitative estimate of drug-likeness (QED) is 0.693. The molecule has 1 aromatic heterocycles. The van der Waals surface area contributed by atoms with E-state index < -0.39 is 17.7 Å². The van der Waals surface area contributed by atoms with Gasteiger partial charge in [0.05, 0.1) is 22.2 Å². The number of benzene rings is 2. The van der Waals surface area contributed by atoms with E-state index in [-0.39, 0.29) is 21.9 Å². The second-order valence-electron chi connectivity index (χ2n) is 6.02. The maximum absolute atomic E-state index is 13.7. The Labute approximate surface area is 160 Å². The molecule has 1 aliphatic rings. The van der Waals surface area contributed by atoms with Crippen molar-refractivity contribution in [1.29, 1.82) is 0 Å². The second-order valence-corrected chi connectivity index (χ2v) is 6.99. The monoisotopic (exact) mass is 397 g/mol. The van der Waals surface area contributed by atoms with Crippen molar-refractivity contribution < 1.29 is 24.2 Å². The molecule has 9 heteroatoms. The minimum Gasteiger partial charge on any atom is -0.493 e. The van der Waals surface area contributed by atoms with E-state index >= 15 is 0 Å². The van der Waals surface area contributed by atoms with Crippen LogP contribution in [-0.4, -0.2) is 26.7 Å². The Morgan fingerprint density at radius 1 is 1.25 bits per heavy atom. The highest BCUT2D eigenvalue weighted by molar-refractivity contribution is 7.11. The number of halogens is 1. The predicted octanol–water partition coefficient (Wildman–Crippen LogP) is 1.22. The molecule has 0 saturated carbocycles. The number of carbonyl (C=O) groups excluding carboxylic acids is 1. The topological polar surface area (TPSA) is 104 Å². The first kappa shape index (κ1) is 17.8. The number of aromatic nitrogens is 1. The lowest BCUT2D eigenvalue weighted by Crippen LogP contribution is -2.23. The Bertz CT molecular complexity index is 1350. The second kappa shape index (κ2) is 6.54. The maximum atomic E-state index is 13.7. The molecule has 2 aromatic carbocycles. The molecule has 0 atom stereocenters. The van der Waals surface area contributed by atoms with Gasteiger partial charge < -0.3 is 10.2 Å². The number of carboxylic acid groups (broad SMARTS) is 1. The van der Waals surface area contributed by atoms with E-state index in [0.29, 0.717) is 21.1 Å². The number of hydrogen-bond donors (Lipinski definition) is 2. The Kier molecular flexibility index (Phi) is 4.16. The molecule has 28 heavy (non-hydrogen) atoms. The van der Waals surface area contributed by atoms with Crippen molar-refractivity contribution in [2.75, 3.05) is 0 Å². The number of hydrogen-bond acceptors (Lipinski definition) is 5. The first-order valence-corrected chi connectivity index (χ1v) is 8.87. The average molecular weight is 397 g/mol. The van der Waals surface area contributed by atoms with Crippen molar-refractivity contribution in [3.05, 3.63) is 74.1 Å². The molecule has 1 aliphatic heterocycles. The van der Waals surface area contributed by atoms with Crippen LogP contribution in [-0.2, 0) is 11.8 Å². The third-order valence-corrected chi connectivity index (χ3v) is 5.35. The first-order chi connectivity index (χ1) is 13.3. The standard InChI is InChI=1S/C19H12FN3O4S/c1-23-17(25)15(14-12-8-10(20)5-6-13(12)22-16(14)24)28-19(23)21-11-4-2-3-9(7-11)18(26)27/h2-8,25H,1H3,(H,26,27). The van der Waals surface area contributed by atoms with E-state index in [1.54, 1.807) is 19.2 Å². The third kappa shape index (κ3) is 2.91. The molecule has 0 fully saturated rings. The Morgan fingerprint density at radius 3 is 2.79 bits per heavy atom. The summed E-state index contributed by atoms with van der Waals surface area (Å²) in [6.07, 6.45) is 0. The lowest BCUT2D eigenvalue weighted by molar-refractivity contribution is -0.112. The fourth-order valence-electron chi connectivity index (χ4n) is 2.83. The average Bonchev–Trinajstić information content (AvgIpc) is 3.12. The van der Waals surface area contributed by atoms with Crippen LogP contribution in [0.15, 0.2) is 52.4 Å². The lowest BCUT2D eigenvalue weighted by atomic mass is 10.1. The number of aromatic carboxylic acids is 1. The van der Waals surface area contributed by atoms with Crippen LogP contribution in [0.3, 0.4) is 0 Å². The molecule has 2 heterocycles. The molecule has 0 aliphatic carbocycles. The molecular weight excluding hydrogens is 385 g/mol. The molecule has 4 rings (SSSR count). The molecule has 3 aromatic rings. The van der Waals surface area contributed by atoms with Crippen LogP contribution in [0.25, 0.3) is 5.57 Å². The summed E-state index contributed by atoms with van der Waals surface area (Å²) in [5, 5.41) is 20.3. The Balaban J connectivity index is 1.93. The van der Waals surface area contributed by atoms with Crippen molar-refractivity contribution in [2.45, 2.75) is 0 Å². The molecular formula is C19H12FN3O4S. The SMILES string of the molecule is Cn1c(O)c(C2=c3cc(F)ccc3=NC2=O)sc1=Nc1cccc(C(=O)O)c1. The van der Waals surface area contributed by atoms with Gasteiger partial charge in [0.25, 0.3) is 5.91 Å². The summed E-state index contributed by atoms with van der Waals surface area (Å²) in [5.41, 5.74) is 0.559. The zero-order valence-corrected chi connectivity index (χ0v) is 15.2. The normalized spacial score (nSPS) is 13.6. The van der Waals surface area contributed by atoms with Gasteiger partial charge in [-0.1, -0.05) is 17.4 Å². The minimum atomic E-state index is -1.08. The van der Waals surface area contributed by atoms with Crippen molar-refractivity contribution >= 4 is 34.5 Å². The van der Waals surface area contributed by atoms with Gasteiger partial charge in [0.1, 0.15) is 10.7 Å². The van der Waals surface area contributed by atoms with Gasteiger partial charge in [0.2, 0.25) is 5.88 Å². The van der Waals surface area contributed by atoms with Crippen molar-refractivity contribution in [3.8, 4) is 5.88 Å². The van der Waals surface area contributed by atoms with E-state index in [1.807, 2.05) is 0 Å². The first-order valence-electron chi connectivity index (χ1n) is 8.05. The van der Waals surface area contributed by atoms with Crippen LogP contribution >= 0.6 is 11.3 Å². The summed E-state index contributed by atoms with van der Waals surface area (Å²) in [4.78, 5) is 32.3. The maximum Gasteiger partial charge on any atom is 0.335 e. The summed E-state index contributed by atoms with van der Waals surface area (Å²) in [6, 6.07) is 9.84. The molecule has 0 saturated heterocycles. The molecule has 140 valence electrons. The summed E-state index contributed by atoms with van der Waals surface area (Å²) < 4.78 is 15.0. The number of rotatable bonds is 3. The number of thiazole rings is 1. The molecule has 0 bridgehead atoms. The smallest absolute Gasteiger partial charge is 0.335 e. The highest BCUT2D eigenvalue weighted by Crippen LogP contribution is 2.28. The summed E-state index contributed by atoms with van der Waals surface area (Å²) in [5.74, 6) is -2.38. The van der Waals surface area contributed by atoms with Crippen LogP contribution in [0.4, 0.5) is 10.1 Å². The van der Waals surface area contributed by atoms with E-state index in [4.69, 9.17) is 5.11 Å². The fraction of sp³-hybridized carbons (Fsp3) is 0.0526. The van der Waals surface area contributed by atoms with Gasteiger partial charge in [0.15, 0.2) is 4.80 Å². The molecule has 1 amide bonds. The van der Waals surface area contributed by atoms with Crippen molar-refractivity contribution in [3.63, 3.8) is 0 Å². The number of fused-ring (bicyclic) bond motifs is 1. The molecule has 7 nitrogen and oxygen atoms in total. The van der Waals surface area contributed by atoms with Crippen LogP contribution in [0.5, 0.6) is 5.88 Å². The molecule has 0 spiro atoms. The van der Waals surface area contributed by atoms with Gasteiger partial charge in [0, 0.05) is 12.3 Å². The van der Waals surface area contributed by atoms with Crippen molar-refractivity contribution in [1.82, 2.24) is 4.57 Å². The van der Waals surface area contributed by atoms with E-state index in [1.165, 1.54) is 34.9 Å². The fourth-order valence-corrected chi connectivity index (χ4v) is 3.92. The zero-order valence-electron chi connectivity index (χ0n) is 14.4. The van der Waals surface area contributed by atoms with Gasteiger partial charge in [-0.2, -0.15) is 0 Å². The number of carboxylic acids is 1. The van der Waals surface area contributed by atoms with Gasteiger partial charge >= 0.3 is 5.97 Å². The van der Waals surface area contributed by atoms with Crippen LogP contribution < -0.4 is 15.4 Å². The van der Waals surface area contributed by atoms with Gasteiger partial charge in [-0.05, 0) is 36.4 Å². The van der Waals surface area contributed by atoms with Gasteiger partial charge in [-0.15, -0.1) is 0 Å². The van der Waals surface area contributed by atoms with Gasteiger partial charge in [-0.3, -0.25) is 9.36 Å². The lowest BCUT2D eigenvalue weighted by Gasteiger charge is -1.99. The highest BCUT2D eigenvalue weighted by atomic mass is 32.1. The number of carbonyl (C=O) groups is 2. The van der Waals surface area contributed by atoms with Crippen LogP contribution in [0.1, 0.15) is 15.2 Å². The van der Waals surface area contributed by atoms with E-state index in [2.05, 4.69) is 9.98 Å². The predicted molar refractivity (Wildman–Crippen MR) is 98.3 cm³/mol. The summed E-state index contributed by atoms with van der Waals surface area (Å²) >= 11 is 1.02. The number of aromatic hydroxyl groups is 1. The van der Waals surface area contributed by atoms with Crippen molar-refractivity contribution in [2.24, 2.45) is 17.0 Å². The van der Waals surface area contributed by atoms with E-state index in [9.17, 15) is 19.1 Å². The minimum absolute atomic E-state index is 0.0773. The molecule has 0 unspecified atom stereocenters. The van der Waals surface area contributed by atoms with E-state index in [0.717, 1.165) is 11.3 Å². The molecule has 0 radical (unpaired) electrons. The summed E-state index contributed by atoms with van der Waals surface area (Å²) in [7, 11) is 1.55. The zero-order chi connectivity index (χ0) is 20.0.